The lowest BCUT2D eigenvalue weighted by Gasteiger charge is -2.32. The molecule has 1 aromatic carbocycles. The first-order valence-electron chi connectivity index (χ1n) is 8.91. The standard InChI is InChI=1S/C20H26N4O2/c1-15(24-10-12-26-13-11-24)16-4-6-18(7-5-16)22-20(25)17-8-9-21-19(14-17)23(2)3/h4-9,14-15H,10-13H2,1-3H3,(H,22,25)/t15-/m1/s1. The van der Waals surface area contributed by atoms with E-state index in [9.17, 15) is 4.79 Å². The molecule has 1 saturated heterocycles. The van der Waals surface area contributed by atoms with Crippen LogP contribution in [0.3, 0.4) is 0 Å². The van der Waals surface area contributed by atoms with Crippen molar-refractivity contribution in [2.75, 3.05) is 50.6 Å². The molecule has 6 heteroatoms. The summed E-state index contributed by atoms with van der Waals surface area (Å²) in [6.45, 7) is 5.70. The summed E-state index contributed by atoms with van der Waals surface area (Å²) in [5.41, 5.74) is 2.62. The van der Waals surface area contributed by atoms with Gasteiger partial charge in [-0.25, -0.2) is 4.98 Å². The number of nitrogens with zero attached hydrogens (tertiary/aromatic N) is 3. The van der Waals surface area contributed by atoms with Crippen molar-refractivity contribution < 1.29 is 9.53 Å². The van der Waals surface area contributed by atoms with E-state index in [0.717, 1.165) is 37.8 Å². The topological polar surface area (TPSA) is 57.7 Å². The molecule has 0 unspecified atom stereocenters. The number of benzene rings is 1. The fourth-order valence-corrected chi connectivity index (χ4v) is 3.03. The van der Waals surface area contributed by atoms with Crippen molar-refractivity contribution in [1.82, 2.24) is 9.88 Å². The quantitative estimate of drug-likeness (QED) is 0.895. The van der Waals surface area contributed by atoms with Gasteiger partial charge in [0.2, 0.25) is 0 Å². The average molecular weight is 354 g/mol. The molecule has 1 N–H and O–H groups in total. The largest absolute Gasteiger partial charge is 0.379 e. The second-order valence-electron chi connectivity index (χ2n) is 6.70. The van der Waals surface area contributed by atoms with Gasteiger partial charge in [-0.2, -0.15) is 0 Å². The molecule has 1 aliphatic heterocycles. The molecule has 6 nitrogen and oxygen atoms in total. The molecule has 1 atom stereocenters. The van der Waals surface area contributed by atoms with E-state index >= 15 is 0 Å². The van der Waals surface area contributed by atoms with Gasteiger partial charge in [-0.3, -0.25) is 9.69 Å². The second kappa shape index (κ2) is 8.29. The van der Waals surface area contributed by atoms with Gasteiger partial charge in [-0.1, -0.05) is 12.1 Å². The lowest BCUT2D eigenvalue weighted by atomic mass is 10.1. The number of anilines is 2. The van der Waals surface area contributed by atoms with Gasteiger partial charge in [0.25, 0.3) is 5.91 Å². The van der Waals surface area contributed by atoms with Gasteiger partial charge in [0, 0.05) is 50.7 Å². The first-order valence-corrected chi connectivity index (χ1v) is 8.91. The molecule has 0 bridgehead atoms. The van der Waals surface area contributed by atoms with Crippen LogP contribution in [0.5, 0.6) is 0 Å². The minimum absolute atomic E-state index is 0.135. The molecule has 1 fully saturated rings. The summed E-state index contributed by atoms with van der Waals surface area (Å²) < 4.78 is 5.42. The van der Waals surface area contributed by atoms with Gasteiger partial charge < -0.3 is 15.0 Å². The van der Waals surface area contributed by atoms with Crippen LogP contribution < -0.4 is 10.2 Å². The second-order valence-corrected chi connectivity index (χ2v) is 6.70. The van der Waals surface area contributed by atoms with Gasteiger partial charge in [0.1, 0.15) is 5.82 Å². The number of carbonyl (C=O) groups is 1. The average Bonchev–Trinajstić information content (AvgIpc) is 2.68. The maximum Gasteiger partial charge on any atom is 0.255 e. The number of rotatable bonds is 5. The van der Waals surface area contributed by atoms with Crippen molar-refractivity contribution >= 4 is 17.4 Å². The molecule has 0 aliphatic carbocycles. The Balaban J connectivity index is 1.65. The zero-order valence-corrected chi connectivity index (χ0v) is 15.6. The Labute approximate surface area is 154 Å². The minimum Gasteiger partial charge on any atom is -0.379 e. The van der Waals surface area contributed by atoms with E-state index in [1.54, 1.807) is 18.3 Å². The third-order valence-electron chi connectivity index (χ3n) is 4.71. The summed E-state index contributed by atoms with van der Waals surface area (Å²) in [4.78, 5) is 21.0. The predicted octanol–water partition coefficient (Wildman–Crippen LogP) is 2.79. The first kappa shape index (κ1) is 18.4. The molecule has 1 aliphatic rings. The lowest BCUT2D eigenvalue weighted by molar-refractivity contribution is 0.0198. The molecule has 0 spiro atoms. The molecule has 1 amide bonds. The molecule has 0 radical (unpaired) electrons. The van der Waals surface area contributed by atoms with Gasteiger partial charge in [0.05, 0.1) is 13.2 Å². The highest BCUT2D eigenvalue weighted by atomic mass is 16.5. The van der Waals surface area contributed by atoms with E-state index in [2.05, 4.69) is 34.3 Å². The molecule has 1 aromatic heterocycles. The number of morpholine rings is 1. The highest BCUT2D eigenvalue weighted by molar-refractivity contribution is 6.04. The summed E-state index contributed by atoms with van der Waals surface area (Å²) in [5, 5.41) is 2.95. The SMILES string of the molecule is C[C@H](c1ccc(NC(=O)c2ccnc(N(C)C)c2)cc1)N1CCOCC1. The first-order chi connectivity index (χ1) is 12.5. The van der Waals surface area contributed by atoms with Crippen LogP contribution in [0.1, 0.15) is 28.9 Å². The van der Waals surface area contributed by atoms with Gasteiger partial charge in [0.15, 0.2) is 0 Å². The van der Waals surface area contributed by atoms with Crippen molar-refractivity contribution in [3.8, 4) is 0 Å². The van der Waals surface area contributed by atoms with Crippen molar-refractivity contribution in [3.05, 3.63) is 53.7 Å². The van der Waals surface area contributed by atoms with Gasteiger partial charge in [-0.05, 0) is 36.8 Å². The molecular formula is C20H26N4O2. The Morgan fingerprint density at radius 3 is 2.54 bits per heavy atom. The van der Waals surface area contributed by atoms with Crippen LogP contribution in [0.4, 0.5) is 11.5 Å². The summed E-state index contributed by atoms with van der Waals surface area (Å²) in [6.07, 6.45) is 1.65. The Kier molecular flexibility index (Phi) is 5.85. The number of ether oxygens (including phenoxy) is 1. The van der Waals surface area contributed by atoms with E-state index in [1.807, 2.05) is 31.1 Å². The normalized spacial score (nSPS) is 16.1. The molecule has 0 saturated carbocycles. The number of pyridine rings is 1. The summed E-state index contributed by atoms with van der Waals surface area (Å²) >= 11 is 0. The highest BCUT2D eigenvalue weighted by Gasteiger charge is 2.18. The van der Waals surface area contributed by atoms with Crippen molar-refractivity contribution in [1.29, 1.82) is 0 Å². The maximum atomic E-state index is 12.5. The summed E-state index contributed by atoms with van der Waals surface area (Å²) in [7, 11) is 3.80. The monoisotopic (exact) mass is 354 g/mol. The Bertz CT molecular complexity index is 740. The zero-order valence-electron chi connectivity index (χ0n) is 15.6. The number of carbonyl (C=O) groups excluding carboxylic acids is 1. The zero-order chi connectivity index (χ0) is 18.5. The fourth-order valence-electron chi connectivity index (χ4n) is 3.03. The van der Waals surface area contributed by atoms with E-state index in [4.69, 9.17) is 4.74 Å². The lowest BCUT2D eigenvalue weighted by Crippen LogP contribution is -2.37. The fraction of sp³-hybridized carbons (Fsp3) is 0.400. The number of hydrogen-bond donors (Lipinski definition) is 1. The summed E-state index contributed by atoms with van der Waals surface area (Å²) in [6, 6.07) is 11.9. The molecule has 138 valence electrons. The van der Waals surface area contributed by atoms with Crippen LogP contribution in [0.2, 0.25) is 0 Å². The van der Waals surface area contributed by atoms with Crippen molar-refractivity contribution in [3.63, 3.8) is 0 Å². The van der Waals surface area contributed by atoms with Crippen LogP contribution in [-0.2, 0) is 4.74 Å². The van der Waals surface area contributed by atoms with E-state index in [0.29, 0.717) is 11.6 Å². The Hall–Kier alpha value is -2.44. The third-order valence-corrected chi connectivity index (χ3v) is 4.71. The minimum atomic E-state index is -0.135. The van der Waals surface area contributed by atoms with Crippen molar-refractivity contribution in [2.45, 2.75) is 13.0 Å². The van der Waals surface area contributed by atoms with Gasteiger partial charge in [-0.15, -0.1) is 0 Å². The van der Waals surface area contributed by atoms with Crippen LogP contribution in [0.25, 0.3) is 0 Å². The number of aromatic nitrogens is 1. The third kappa shape index (κ3) is 4.39. The van der Waals surface area contributed by atoms with Crippen LogP contribution in [0, 0.1) is 0 Å². The molecule has 26 heavy (non-hydrogen) atoms. The Morgan fingerprint density at radius 2 is 1.88 bits per heavy atom. The molecule has 3 rings (SSSR count). The Morgan fingerprint density at radius 1 is 1.19 bits per heavy atom. The molecule has 2 aromatic rings. The van der Waals surface area contributed by atoms with E-state index < -0.39 is 0 Å². The smallest absolute Gasteiger partial charge is 0.255 e. The van der Waals surface area contributed by atoms with Crippen LogP contribution >= 0.6 is 0 Å². The van der Waals surface area contributed by atoms with Crippen LogP contribution in [0.15, 0.2) is 42.6 Å². The predicted molar refractivity (Wildman–Crippen MR) is 104 cm³/mol. The van der Waals surface area contributed by atoms with Crippen LogP contribution in [-0.4, -0.2) is 56.2 Å². The molecule has 2 heterocycles. The van der Waals surface area contributed by atoms with Crippen molar-refractivity contribution in [2.24, 2.45) is 0 Å². The maximum absolute atomic E-state index is 12.5. The van der Waals surface area contributed by atoms with Gasteiger partial charge >= 0.3 is 0 Å². The number of amides is 1. The van der Waals surface area contributed by atoms with E-state index in [1.165, 1.54) is 5.56 Å². The summed E-state index contributed by atoms with van der Waals surface area (Å²) in [5.74, 6) is 0.622. The van der Waals surface area contributed by atoms with E-state index in [-0.39, 0.29) is 5.91 Å². The number of nitrogens with one attached hydrogen (secondary N) is 1. The molecular weight excluding hydrogens is 328 g/mol. The highest BCUT2D eigenvalue weighted by Crippen LogP contribution is 2.23. The number of hydrogen-bond acceptors (Lipinski definition) is 5.